The van der Waals surface area contributed by atoms with Crippen LogP contribution in [0.15, 0.2) is 66.7 Å². The van der Waals surface area contributed by atoms with Crippen LogP contribution in [0.1, 0.15) is 29.5 Å². The third-order valence-electron chi connectivity index (χ3n) is 5.48. The van der Waals surface area contributed by atoms with Crippen molar-refractivity contribution >= 4 is 23.0 Å². The van der Waals surface area contributed by atoms with Gasteiger partial charge in [0.25, 0.3) is 0 Å². The van der Waals surface area contributed by atoms with Gasteiger partial charge >= 0.3 is 29.6 Å². The number of para-hydroxylation sites is 1. The van der Waals surface area contributed by atoms with Crippen molar-refractivity contribution in [3.05, 3.63) is 89.2 Å². The molecule has 0 spiro atoms. The summed E-state index contributed by atoms with van der Waals surface area (Å²) in [4.78, 5) is 12.9. The molecule has 0 atom stereocenters. The van der Waals surface area contributed by atoms with Crippen LogP contribution in [0.5, 0.6) is 0 Å². The molecule has 0 saturated carbocycles. The number of halogens is 1. The summed E-state index contributed by atoms with van der Waals surface area (Å²) >= 11 is 0. The first-order chi connectivity index (χ1) is 14.6. The van der Waals surface area contributed by atoms with Gasteiger partial charge in [0.1, 0.15) is 5.82 Å². The quantitative estimate of drug-likeness (QED) is 0.577. The molecule has 0 fully saturated rings. The SMILES string of the molecule is O=C([O-])CCc1ccc(NCc2ccc3c(c2)N(c2ccccc2)CCC3)cc1F.[Na+]. The van der Waals surface area contributed by atoms with Crippen LogP contribution in [-0.2, 0) is 24.2 Å². The van der Waals surface area contributed by atoms with Crippen molar-refractivity contribution in [3.63, 3.8) is 0 Å². The van der Waals surface area contributed by atoms with E-state index in [9.17, 15) is 14.3 Å². The zero-order valence-corrected chi connectivity index (χ0v) is 19.7. The molecule has 4 rings (SSSR count). The molecule has 31 heavy (non-hydrogen) atoms. The Morgan fingerprint density at radius 3 is 2.61 bits per heavy atom. The second-order valence-electron chi connectivity index (χ2n) is 7.59. The Bertz CT molecular complexity index is 1040. The molecule has 1 heterocycles. The normalized spacial score (nSPS) is 12.6. The topological polar surface area (TPSA) is 55.4 Å². The van der Waals surface area contributed by atoms with Gasteiger partial charge in [-0.1, -0.05) is 36.4 Å². The Hall–Kier alpha value is -2.34. The fourth-order valence-electron chi connectivity index (χ4n) is 3.91. The van der Waals surface area contributed by atoms with Crippen molar-refractivity contribution in [3.8, 4) is 0 Å². The van der Waals surface area contributed by atoms with E-state index in [-0.39, 0.29) is 42.4 Å². The van der Waals surface area contributed by atoms with E-state index < -0.39 is 11.8 Å². The number of aliphatic carboxylic acids is 1. The maximum atomic E-state index is 14.2. The first kappa shape index (κ1) is 23.3. The molecule has 0 aliphatic carbocycles. The maximum absolute atomic E-state index is 14.2. The number of anilines is 3. The summed E-state index contributed by atoms with van der Waals surface area (Å²) in [6.45, 7) is 1.57. The van der Waals surface area contributed by atoms with Crippen LogP contribution in [-0.4, -0.2) is 12.5 Å². The van der Waals surface area contributed by atoms with Gasteiger partial charge in [0.2, 0.25) is 0 Å². The zero-order valence-electron chi connectivity index (χ0n) is 17.7. The van der Waals surface area contributed by atoms with E-state index in [0.29, 0.717) is 17.8 Å². The zero-order chi connectivity index (χ0) is 20.9. The molecule has 1 aliphatic heterocycles. The number of hydrogen-bond donors (Lipinski definition) is 1. The summed E-state index contributed by atoms with van der Waals surface area (Å²) in [6.07, 6.45) is 2.15. The Morgan fingerprint density at radius 2 is 1.87 bits per heavy atom. The average Bonchev–Trinajstić information content (AvgIpc) is 2.77. The predicted molar refractivity (Wildman–Crippen MR) is 115 cm³/mol. The number of carboxylic acid groups (broad SMARTS) is 1. The van der Waals surface area contributed by atoms with Crippen LogP contribution in [0.3, 0.4) is 0 Å². The summed E-state index contributed by atoms with van der Waals surface area (Å²) in [5.74, 6) is -1.57. The number of nitrogens with one attached hydrogen (secondary N) is 1. The molecule has 0 radical (unpaired) electrons. The number of nitrogens with zero attached hydrogens (tertiary/aromatic N) is 1. The molecule has 1 aliphatic rings. The average molecular weight is 426 g/mol. The Labute approximate surface area is 204 Å². The molecule has 0 bridgehead atoms. The van der Waals surface area contributed by atoms with Crippen molar-refractivity contribution < 1.29 is 43.8 Å². The van der Waals surface area contributed by atoms with Crippen molar-refractivity contribution in [1.82, 2.24) is 0 Å². The minimum absolute atomic E-state index is 0. The molecule has 6 heteroatoms. The number of hydrogen-bond acceptors (Lipinski definition) is 4. The summed E-state index contributed by atoms with van der Waals surface area (Å²) in [5, 5.41) is 13.8. The molecule has 154 valence electrons. The molecule has 0 saturated heterocycles. The molecule has 1 N–H and O–H groups in total. The Morgan fingerprint density at radius 1 is 1.06 bits per heavy atom. The maximum Gasteiger partial charge on any atom is 1.00 e. The predicted octanol–water partition coefficient (Wildman–Crippen LogP) is 1.21. The molecule has 0 aromatic heterocycles. The molecule has 3 aromatic rings. The van der Waals surface area contributed by atoms with Crippen LogP contribution in [0.25, 0.3) is 0 Å². The number of carboxylic acids is 1. The van der Waals surface area contributed by atoms with Gasteiger partial charge in [-0.05, 0) is 72.7 Å². The van der Waals surface area contributed by atoms with Crippen molar-refractivity contribution in [2.24, 2.45) is 0 Å². The van der Waals surface area contributed by atoms with Gasteiger partial charge in [-0.15, -0.1) is 0 Å². The van der Waals surface area contributed by atoms with E-state index in [4.69, 9.17) is 0 Å². The molecule has 0 amide bonds. The summed E-state index contributed by atoms with van der Waals surface area (Å²) in [5.41, 5.74) is 5.95. The number of benzene rings is 3. The number of carbonyl (C=O) groups excluding carboxylic acids is 1. The molecular weight excluding hydrogens is 402 g/mol. The van der Waals surface area contributed by atoms with E-state index in [2.05, 4.69) is 52.7 Å². The van der Waals surface area contributed by atoms with Crippen molar-refractivity contribution in [2.45, 2.75) is 32.2 Å². The standard InChI is InChI=1S/C25H25FN2O2.Na/c26-23-16-21(12-10-19(23)11-13-25(29)30)27-17-18-8-9-20-5-4-14-28(24(20)15-18)22-6-2-1-3-7-22;/h1-3,6-10,12,15-16,27H,4-5,11,13-14,17H2,(H,29,30);/q;+1/p-1. The van der Waals surface area contributed by atoms with E-state index in [1.54, 1.807) is 12.1 Å². The first-order valence-electron chi connectivity index (χ1n) is 10.3. The van der Waals surface area contributed by atoms with Gasteiger partial charge in [0.05, 0.1) is 0 Å². The second kappa shape index (κ2) is 10.8. The molecule has 4 nitrogen and oxygen atoms in total. The van der Waals surface area contributed by atoms with Gasteiger partial charge < -0.3 is 20.1 Å². The van der Waals surface area contributed by atoms with E-state index >= 15 is 0 Å². The Kier molecular flexibility index (Phi) is 8.13. The largest absolute Gasteiger partial charge is 1.00 e. The van der Waals surface area contributed by atoms with Crippen molar-refractivity contribution in [2.75, 3.05) is 16.8 Å². The number of fused-ring (bicyclic) bond motifs is 1. The smallest absolute Gasteiger partial charge is 0.550 e. The minimum atomic E-state index is -1.17. The van der Waals surface area contributed by atoms with Crippen LogP contribution in [0.4, 0.5) is 21.5 Å². The number of carbonyl (C=O) groups is 1. The monoisotopic (exact) mass is 426 g/mol. The summed E-state index contributed by atoms with van der Waals surface area (Å²) in [6, 6.07) is 21.7. The van der Waals surface area contributed by atoms with Gasteiger partial charge in [-0.25, -0.2) is 4.39 Å². The number of rotatable bonds is 7. The van der Waals surface area contributed by atoms with E-state index in [1.807, 2.05) is 6.07 Å². The van der Waals surface area contributed by atoms with Crippen molar-refractivity contribution in [1.29, 1.82) is 0 Å². The molecular formula is C25H24FN2NaO2. The summed E-state index contributed by atoms with van der Waals surface area (Å²) < 4.78 is 14.2. The fraction of sp³-hybridized carbons (Fsp3) is 0.240. The molecule has 3 aromatic carbocycles. The summed E-state index contributed by atoms with van der Waals surface area (Å²) in [7, 11) is 0. The van der Waals surface area contributed by atoms with Crippen LogP contribution >= 0.6 is 0 Å². The first-order valence-corrected chi connectivity index (χ1v) is 10.3. The van der Waals surface area contributed by atoms with Gasteiger partial charge in [-0.3, -0.25) is 0 Å². The van der Waals surface area contributed by atoms with E-state index in [1.165, 1.54) is 23.0 Å². The van der Waals surface area contributed by atoms with Crippen LogP contribution in [0.2, 0.25) is 0 Å². The van der Waals surface area contributed by atoms with Crippen LogP contribution < -0.4 is 44.9 Å². The van der Waals surface area contributed by atoms with E-state index in [0.717, 1.165) is 24.9 Å². The van der Waals surface area contributed by atoms with Gasteiger partial charge in [0, 0.05) is 36.1 Å². The number of aryl methyl sites for hydroxylation is 2. The fourth-order valence-corrected chi connectivity index (χ4v) is 3.91. The van der Waals surface area contributed by atoms with Gasteiger partial charge in [0.15, 0.2) is 0 Å². The van der Waals surface area contributed by atoms with Crippen LogP contribution in [0, 0.1) is 5.82 Å². The Balaban J connectivity index is 0.00000272. The third kappa shape index (κ3) is 5.88. The third-order valence-corrected chi connectivity index (χ3v) is 5.48. The molecule has 0 unspecified atom stereocenters. The minimum Gasteiger partial charge on any atom is -0.550 e. The van der Waals surface area contributed by atoms with Gasteiger partial charge in [-0.2, -0.15) is 0 Å². The second-order valence-corrected chi connectivity index (χ2v) is 7.59.